The molecule has 1 fully saturated rings. The fourth-order valence-corrected chi connectivity index (χ4v) is 4.52. The second kappa shape index (κ2) is 10.8. The third-order valence-corrected chi connectivity index (χ3v) is 6.49. The van der Waals surface area contributed by atoms with Crippen LogP contribution in [0.4, 0.5) is 0 Å². The molecule has 2 atom stereocenters. The molecule has 1 aliphatic heterocycles. The molecular formula is C25H32N2O2S. The minimum atomic E-state index is -0.539. The van der Waals surface area contributed by atoms with Crippen molar-refractivity contribution in [2.24, 2.45) is 0 Å². The maximum absolute atomic E-state index is 12.5. The summed E-state index contributed by atoms with van der Waals surface area (Å²) in [5.74, 6) is 0.0462. The van der Waals surface area contributed by atoms with E-state index in [1.807, 2.05) is 65.2 Å². The largest absolute Gasteiger partial charge is 0.387 e. The Morgan fingerprint density at radius 1 is 0.967 bits per heavy atom. The molecule has 1 aliphatic rings. The molecule has 2 aromatic carbocycles. The second-order valence-corrected chi connectivity index (χ2v) is 9.68. The summed E-state index contributed by atoms with van der Waals surface area (Å²) in [5.41, 5.74) is 1.97. The van der Waals surface area contributed by atoms with Crippen molar-refractivity contribution in [1.29, 1.82) is 0 Å². The molecule has 0 aromatic heterocycles. The molecule has 0 bridgehead atoms. The molecule has 0 aliphatic carbocycles. The van der Waals surface area contributed by atoms with Gasteiger partial charge in [-0.1, -0.05) is 56.3 Å². The Hall–Kier alpha value is -2.08. The molecule has 4 nitrogen and oxygen atoms in total. The minimum Gasteiger partial charge on any atom is -0.387 e. The second-order valence-electron chi connectivity index (χ2n) is 8.03. The Bertz CT molecular complexity index is 828. The first kappa shape index (κ1) is 22.6. The van der Waals surface area contributed by atoms with Gasteiger partial charge >= 0.3 is 0 Å². The lowest BCUT2D eigenvalue weighted by atomic mass is 10.0. The van der Waals surface area contributed by atoms with Crippen LogP contribution in [0.15, 0.2) is 65.6 Å². The Kier molecular flexibility index (Phi) is 8.14. The van der Waals surface area contributed by atoms with Crippen molar-refractivity contribution in [3.05, 3.63) is 71.8 Å². The standard InChI is InChI=1S/C25H32N2O2S/c1-19(2)30-23-12-10-22(11-13-23)25(29)20(3)26-15-17-27(18-16-26)24(28)14-9-21-7-5-4-6-8-21/h4-14,19-20,25,29H,15-18H2,1-3H3/t20-,25-/m1/s1. The van der Waals surface area contributed by atoms with Crippen molar-refractivity contribution in [2.45, 2.75) is 43.1 Å². The summed E-state index contributed by atoms with van der Waals surface area (Å²) < 4.78 is 0. The molecule has 0 radical (unpaired) electrons. The third kappa shape index (κ3) is 6.21. The van der Waals surface area contributed by atoms with Crippen LogP contribution in [0.1, 0.15) is 38.0 Å². The number of hydrogen-bond donors (Lipinski definition) is 1. The SMILES string of the molecule is CC(C)Sc1ccc([C@H](O)[C@@H](C)N2CCN(C(=O)C=Cc3ccccc3)CC2)cc1. The Morgan fingerprint density at radius 3 is 2.20 bits per heavy atom. The fourth-order valence-electron chi connectivity index (χ4n) is 3.68. The highest BCUT2D eigenvalue weighted by molar-refractivity contribution is 7.99. The van der Waals surface area contributed by atoms with Crippen LogP contribution in [0, 0.1) is 0 Å². The summed E-state index contributed by atoms with van der Waals surface area (Å²) in [6.07, 6.45) is 2.98. The van der Waals surface area contributed by atoms with E-state index in [1.54, 1.807) is 6.08 Å². The molecule has 1 amide bonds. The molecule has 30 heavy (non-hydrogen) atoms. The molecule has 0 spiro atoms. The number of nitrogens with zero attached hydrogens (tertiary/aromatic N) is 2. The number of carbonyl (C=O) groups excluding carboxylic acids is 1. The first-order chi connectivity index (χ1) is 14.4. The number of aliphatic hydroxyl groups excluding tert-OH is 1. The summed E-state index contributed by atoms with van der Waals surface area (Å²) in [6.45, 7) is 9.32. The van der Waals surface area contributed by atoms with Crippen molar-refractivity contribution in [1.82, 2.24) is 9.80 Å². The lowest BCUT2D eigenvalue weighted by molar-refractivity contribution is -0.128. The van der Waals surface area contributed by atoms with Gasteiger partial charge in [0.2, 0.25) is 5.91 Å². The molecule has 0 unspecified atom stereocenters. The van der Waals surface area contributed by atoms with Gasteiger partial charge in [0.25, 0.3) is 0 Å². The number of thioether (sulfide) groups is 1. The number of hydrogen-bond acceptors (Lipinski definition) is 4. The topological polar surface area (TPSA) is 43.8 Å². The molecular weight excluding hydrogens is 392 g/mol. The highest BCUT2D eigenvalue weighted by atomic mass is 32.2. The number of piperazine rings is 1. The van der Waals surface area contributed by atoms with Gasteiger partial charge in [-0.3, -0.25) is 9.69 Å². The van der Waals surface area contributed by atoms with E-state index in [2.05, 4.69) is 37.8 Å². The van der Waals surface area contributed by atoms with Gasteiger partial charge in [-0.2, -0.15) is 0 Å². The zero-order valence-electron chi connectivity index (χ0n) is 18.1. The summed E-state index contributed by atoms with van der Waals surface area (Å²) in [6, 6.07) is 18.1. The van der Waals surface area contributed by atoms with Crippen molar-refractivity contribution < 1.29 is 9.90 Å². The molecule has 1 N–H and O–H groups in total. The van der Waals surface area contributed by atoms with Crippen LogP contribution in [0.25, 0.3) is 6.08 Å². The van der Waals surface area contributed by atoms with E-state index in [0.29, 0.717) is 18.3 Å². The van der Waals surface area contributed by atoms with Crippen LogP contribution in [0.5, 0.6) is 0 Å². The van der Waals surface area contributed by atoms with E-state index in [0.717, 1.165) is 24.2 Å². The third-order valence-electron chi connectivity index (χ3n) is 5.47. The van der Waals surface area contributed by atoms with Gasteiger partial charge in [0, 0.05) is 48.4 Å². The average molecular weight is 425 g/mol. The maximum atomic E-state index is 12.5. The first-order valence-corrected chi connectivity index (χ1v) is 11.5. The molecule has 2 aromatic rings. The van der Waals surface area contributed by atoms with Gasteiger partial charge in [-0.15, -0.1) is 11.8 Å². The number of benzene rings is 2. The van der Waals surface area contributed by atoms with Crippen LogP contribution >= 0.6 is 11.8 Å². The molecule has 1 heterocycles. The van der Waals surface area contributed by atoms with Gasteiger partial charge in [0.15, 0.2) is 0 Å². The van der Waals surface area contributed by atoms with E-state index in [-0.39, 0.29) is 11.9 Å². The van der Waals surface area contributed by atoms with Gasteiger partial charge in [0.1, 0.15) is 0 Å². The van der Waals surface area contributed by atoms with Crippen LogP contribution in [-0.4, -0.2) is 58.3 Å². The van der Waals surface area contributed by atoms with E-state index in [9.17, 15) is 9.90 Å². The van der Waals surface area contributed by atoms with E-state index < -0.39 is 6.10 Å². The highest BCUT2D eigenvalue weighted by Gasteiger charge is 2.27. The van der Waals surface area contributed by atoms with E-state index >= 15 is 0 Å². The molecule has 5 heteroatoms. The molecule has 0 saturated carbocycles. The zero-order chi connectivity index (χ0) is 21.5. The van der Waals surface area contributed by atoms with E-state index in [1.165, 1.54) is 4.90 Å². The predicted molar refractivity (Wildman–Crippen MR) is 125 cm³/mol. The van der Waals surface area contributed by atoms with Gasteiger partial charge in [-0.25, -0.2) is 0 Å². The van der Waals surface area contributed by atoms with Crippen molar-refractivity contribution >= 4 is 23.7 Å². The fraction of sp³-hybridized carbons (Fsp3) is 0.400. The van der Waals surface area contributed by atoms with Crippen LogP contribution in [0.3, 0.4) is 0 Å². The quantitative estimate of drug-likeness (QED) is 0.526. The lowest BCUT2D eigenvalue weighted by Gasteiger charge is -2.39. The van der Waals surface area contributed by atoms with E-state index in [4.69, 9.17) is 0 Å². The number of amides is 1. The minimum absolute atomic E-state index is 0.00529. The predicted octanol–water partition coefficient (Wildman–Crippen LogP) is 4.47. The molecule has 3 rings (SSSR count). The highest BCUT2D eigenvalue weighted by Crippen LogP contribution is 2.27. The van der Waals surface area contributed by atoms with Crippen LogP contribution < -0.4 is 0 Å². The van der Waals surface area contributed by atoms with Gasteiger partial charge in [-0.05, 0) is 36.3 Å². The number of rotatable bonds is 7. The zero-order valence-corrected chi connectivity index (χ0v) is 18.9. The summed E-state index contributed by atoms with van der Waals surface area (Å²) in [4.78, 5) is 17.9. The molecule has 160 valence electrons. The number of carbonyl (C=O) groups is 1. The van der Waals surface area contributed by atoms with Crippen molar-refractivity contribution in [3.8, 4) is 0 Å². The van der Waals surface area contributed by atoms with Crippen LogP contribution in [-0.2, 0) is 4.79 Å². The lowest BCUT2D eigenvalue weighted by Crippen LogP contribution is -2.52. The maximum Gasteiger partial charge on any atom is 0.246 e. The average Bonchev–Trinajstić information content (AvgIpc) is 2.77. The summed E-state index contributed by atoms with van der Waals surface area (Å²) in [5, 5.41) is 11.4. The smallest absolute Gasteiger partial charge is 0.246 e. The summed E-state index contributed by atoms with van der Waals surface area (Å²) >= 11 is 1.83. The summed E-state index contributed by atoms with van der Waals surface area (Å²) in [7, 11) is 0. The monoisotopic (exact) mass is 424 g/mol. The normalized spacial score (nSPS) is 17.4. The first-order valence-electron chi connectivity index (χ1n) is 10.6. The van der Waals surface area contributed by atoms with Gasteiger partial charge < -0.3 is 10.0 Å². The Labute approximate surface area is 184 Å². The van der Waals surface area contributed by atoms with Gasteiger partial charge in [0.05, 0.1) is 6.10 Å². The Balaban J connectivity index is 1.51. The Morgan fingerprint density at radius 2 is 1.60 bits per heavy atom. The van der Waals surface area contributed by atoms with Crippen LogP contribution in [0.2, 0.25) is 0 Å². The van der Waals surface area contributed by atoms with Crippen molar-refractivity contribution in [3.63, 3.8) is 0 Å². The number of aliphatic hydroxyl groups is 1. The molecule has 1 saturated heterocycles. The van der Waals surface area contributed by atoms with Crippen molar-refractivity contribution in [2.75, 3.05) is 26.2 Å².